The second-order valence-corrected chi connectivity index (χ2v) is 8.26. The zero-order chi connectivity index (χ0) is 22.5. The number of halogens is 1. The first-order valence-electron chi connectivity index (χ1n) is 9.69. The van der Waals surface area contributed by atoms with Crippen LogP contribution in [0.15, 0.2) is 10.6 Å². The lowest BCUT2D eigenvalue weighted by atomic mass is 9.98. The first kappa shape index (κ1) is 24.9. The number of aliphatic hydroxyl groups excluding tert-OH is 1. The smallest absolute Gasteiger partial charge is 0.417 e. The Kier molecular flexibility index (Phi) is 8.95. The number of carbonyl (C=O) groups is 3. The van der Waals surface area contributed by atoms with Gasteiger partial charge in [0.2, 0.25) is 0 Å². The summed E-state index contributed by atoms with van der Waals surface area (Å²) < 4.78 is 21.2. The fraction of sp³-hybridized carbons (Fsp3) is 0.737. The SMILES string of the molecule is CO[C@@H](C(=O)N1C(=O)OC[C@H]1C(C)C)[C@H]1O[C@@](O)(CCCOCCO)C(Br)=CC1=O. The van der Waals surface area contributed by atoms with Gasteiger partial charge in [-0.15, -0.1) is 0 Å². The van der Waals surface area contributed by atoms with E-state index in [-0.39, 0.29) is 43.2 Å². The summed E-state index contributed by atoms with van der Waals surface area (Å²) in [6, 6.07) is -0.494. The van der Waals surface area contributed by atoms with Crippen molar-refractivity contribution in [1.82, 2.24) is 4.90 Å². The molecule has 0 bridgehead atoms. The summed E-state index contributed by atoms with van der Waals surface area (Å²) in [6.45, 7) is 4.05. The van der Waals surface area contributed by atoms with Crippen LogP contribution in [-0.4, -0.2) is 90.5 Å². The summed E-state index contributed by atoms with van der Waals surface area (Å²) in [5, 5.41) is 19.6. The van der Waals surface area contributed by atoms with E-state index in [0.29, 0.717) is 6.42 Å². The van der Waals surface area contributed by atoms with Crippen molar-refractivity contribution in [3.8, 4) is 0 Å². The van der Waals surface area contributed by atoms with Gasteiger partial charge in [0.25, 0.3) is 5.91 Å². The maximum absolute atomic E-state index is 13.1. The highest BCUT2D eigenvalue weighted by Crippen LogP contribution is 2.36. The third-order valence-electron chi connectivity index (χ3n) is 4.97. The van der Waals surface area contributed by atoms with E-state index in [1.807, 2.05) is 13.8 Å². The molecule has 0 saturated carbocycles. The lowest BCUT2D eigenvalue weighted by molar-refractivity contribution is -0.227. The van der Waals surface area contributed by atoms with Gasteiger partial charge in [0, 0.05) is 20.1 Å². The molecule has 2 aliphatic heterocycles. The van der Waals surface area contributed by atoms with Crippen molar-refractivity contribution < 1.29 is 43.5 Å². The Hall–Kier alpha value is -1.37. The summed E-state index contributed by atoms with van der Waals surface area (Å²) in [5.41, 5.74) is 0. The molecule has 1 saturated heterocycles. The molecule has 0 unspecified atom stereocenters. The van der Waals surface area contributed by atoms with Crippen LogP contribution in [0.4, 0.5) is 4.79 Å². The Labute approximate surface area is 183 Å². The molecule has 2 rings (SSSR count). The molecule has 0 radical (unpaired) electrons. The molecule has 4 atom stereocenters. The highest BCUT2D eigenvalue weighted by molar-refractivity contribution is 9.11. The monoisotopic (exact) mass is 493 g/mol. The molecule has 2 heterocycles. The van der Waals surface area contributed by atoms with E-state index >= 15 is 0 Å². The number of ketones is 1. The Balaban J connectivity index is 2.17. The molecule has 170 valence electrons. The van der Waals surface area contributed by atoms with Gasteiger partial charge in [-0.25, -0.2) is 9.69 Å². The summed E-state index contributed by atoms with van der Waals surface area (Å²) in [5.74, 6) is -3.29. The normalized spacial score (nSPS) is 28.0. The highest BCUT2D eigenvalue weighted by Gasteiger charge is 2.50. The van der Waals surface area contributed by atoms with Crippen molar-refractivity contribution >= 4 is 33.7 Å². The Bertz CT molecular complexity index is 683. The van der Waals surface area contributed by atoms with E-state index < -0.39 is 41.8 Å². The Morgan fingerprint density at radius 3 is 2.70 bits per heavy atom. The minimum atomic E-state index is -1.87. The quantitative estimate of drug-likeness (QED) is 0.422. The number of rotatable bonds is 10. The number of imide groups is 1. The van der Waals surface area contributed by atoms with Crippen LogP contribution in [0.3, 0.4) is 0 Å². The van der Waals surface area contributed by atoms with Gasteiger partial charge >= 0.3 is 6.09 Å². The largest absolute Gasteiger partial charge is 0.447 e. The molecule has 30 heavy (non-hydrogen) atoms. The van der Waals surface area contributed by atoms with Crippen molar-refractivity contribution in [3.05, 3.63) is 10.6 Å². The molecule has 10 nitrogen and oxygen atoms in total. The van der Waals surface area contributed by atoms with Crippen molar-refractivity contribution in [2.24, 2.45) is 5.92 Å². The van der Waals surface area contributed by atoms with Crippen LogP contribution in [0, 0.1) is 5.92 Å². The first-order valence-corrected chi connectivity index (χ1v) is 10.5. The van der Waals surface area contributed by atoms with E-state index in [9.17, 15) is 19.5 Å². The molecular formula is C19H28BrNO9. The van der Waals surface area contributed by atoms with Crippen LogP contribution < -0.4 is 0 Å². The fourth-order valence-electron chi connectivity index (χ4n) is 3.29. The molecular weight excluding hydrogens is 466 g/mol. The second kappa shape index (κ2) is 10.8. The molecule has 0 aromatic carbocycles. The van der Waals surface area contributed by atoms with Crippen LogP contribution in [0.2, 0.25) is 0 Å². The van der Waals surface area contributed by atoms with E-state index in [2.05, 4.69) is 15.9 Å². The predicted octanol–water partition coefficient (Wildman–Crippen LogP) is 0.729. The maximum Gasteiger partial charge on any atom is 0.417 e. The van der Waals surface area contributed by atoms with Gasteiger partial charge < -0.3 is 29.2 Å². The van der Waals surface area contributed by atoms with E-state index in [0.717, 1.165) is 11.0 Å². The van der Waals surface area contributed by atoms with Gasteiger partial charge in [0.15, 0.2) is 23.8 Å². The number of methoxy groups -OCH3 is 1. The topological polar surface area (TPSA) is 132 Å². The van der Waals surface area contributed by atoms with Crippen molar-refractivity contribution in [1.29, 1.82) is 0 Å². The molecule has 11 heteroatoms. The van der Waals surface area contributed by atoms with Crippen LogP contribution in [-0.2, 0) is 28.5 Å². The average Bonchev–Trinajstić information content (AvgIpc) is 3.08. The maximum atomic E-state index is 13.1. The molecule has 2 amide bonds. The van der Waals surface area contributed by atoms with Crippen LogP contribution >= 0.6 is 15.9 Å². The number of amides is 2. The van der Waals surface area contributed by atoms with Gasteiger partial charge in [-0.05, 0) is 34.3 Å². The summed E-state index contributed by atoms with van der Waals surface area (Å²) in [6.07, 6.45) is -2.14. The zero-order valence-corrected chi connectivity index (χ0v) is 18.8. The third kappa shape index (κ3) is 5.45. The van der Waals surface area contributed by atoms with E-state index in [1.165, 1.54) is 7.11 Å². The van der Waals surface area contributed by atoms with Gasteiger partial charge in [0.05, 0.1) is 23.7 Å². The minimum Gasteiger partial charge on any atom is -0.447 e. The second-order valence-electron chi connectivity index (χ2n) is 7.41. The lowest BCUT2D eigenvalue weighted by Gasteiger charge is -2.38. The fourth-order valence-corrected chi connectivity index (χ4v) is 3.80. The predicted molar refractivity (Wildman–Crippen MR) is 107 cm³/mol. The molecule has 2 aliphatic rings. The highest BCUT2D eigenvalue weighted by atomic mass is 79.9. The first-order chi connectivity index (χ1) is 14.2. The lowest BCUT2D eigenvalue weighted by Crippen LogP contribution is -2.57. The number of cyclic esters (lactones) is 1. The Morgan fingerprint density at radius 1 is 1.40 bits per heavy atom. The number of nitrogens with zero attached hydrogens (tertiary/aromatic N) is 1. The van der Waals surface area contributed by atoms with Crippen molar-refractivity contribution in [2.45, 2.75) is 50.7 Å². The molecule has 0 aliphatic carbocycles. The van der Waals surface area contributed by atoms with Gasteiger partial charge in [-0.1, -0.05) is 13.8 Å². The minimum absolute atomic E-state index is 0.0569. The summed E-state index contributed by atoms with van der Waals surface area (Å²) in [4.78, 5) is 38.7. The molecule has 0 spiro atoms. The standard InChI is InChI=1S/C19H28BrNO9/c1-11(2)12-10-29-18(25)21(12)17(24)16(27-3)15-13(23)9-14(20)19(26,30-15)5-4-7-28-8-6-22/h9,11-12,15-16,22,26H,4-8,10H2,1-3H3/t12-,15-,16+,19-/m0/s1. The number of ether oxygens (including phenoxy) is 4. The van der Waals surface area contributed by atoms with Crippen molar-refractivity contribution in [2.75, 3.05) is 33.5 Å². The number of aliphatic hydroxyl groups is 2. The molecule has 2 N–H and O–H groups in total. The number of hydrogen-bond donors (Lipinski definition) is 2. The summed E-state index contributed by atoms with van der Waals surface area (Å²) >= 11 is 3.15. The third-order valence-corrected chi connectivity index (χ3v) is 5.82. The van der Waals surface area contributed by atoms with Crippen LogP contribution in [0.25, 0.3) is 0 Å². The van der Waals surface area contributed by atoms with E-state index in [4.69, 9.17) is 24.1 Å². The van der Waals surface area contributed by atoms with Gasteiger partial charge in [-0.3, -0.25) is 9.59 Å². The number of hydrogen-bond acceptors (Lipinski definition) is 9. The average molecular weight is 494 g/mol. The zero-order valence-electron chi connectivity index (χ0n) is 17.2. The number of carbonyl (C=O) groups excluding carboxylic acids is 3. The molecule has 0 aromatic heterocycles. The van der Waals surface area contributed by atoms with Gasteiger partial charge in [0.1, 0.15) is 6.61 Å². The molecule has 0 aromatic rings. The van der Waals surface area contributed by atoms with Crippen molar-refractivity contribution in [3.63, 3.8) is 0 Å². The molecule has 1 fully saturated rings. The van der Waals surface area contributed by atoms with E-state index in [1.54, 1.807) is 0 Å². The van der Waals surface area contributed by atoms with Gasteiger partial charge in [-0.2, -0.15) is 0 Å². The van der Waals surface area contributed by atoms with Crippen LogP contribution in [0.5, 0.6) is 0 Å². The summed E-state index contributed by atoms with van der Waals surface area (Å²) in [7, 11) is 1.22. The Morgan fingerprint density at radius 2 is 2.10 bits per heavy atom. The van der Waals surface area contributed by atoms with Crippen LogP contribution in [0.1, 0.15) is 26.7 Å².